The smallest absolute Gasteiger partial charge is 0.416 e. The van der Waals surface area contributed by atoms with Crippen molar-refractivity contribution >= 4 is 38.0 Å². The maximum Gasteiger partial charge on any atom is 0.416 e. The van der Waals surface area contributed by atoms with Crippen molar-refractivity contribution in [3.05, 3.63) is 130 Å². The fourth-order valence-corrected chi connectivity index (χ4v) is 17.7. The van der Waals surface area contributed by atoms with Gasteiger partial charge in [0.15, 0.2) is 28.0 Å². The van der Waals surface area contributed by atoms with Gasteiger partial charge in [0.05, 0.1) is 26.2 Å². The number of hydrogen-bond donors (Lipinski definition) is 2. The molecule has 7 atom stereocenters. The number of rotatable bonds is 10. The van der Waals surface area contributed by atoms with E-state index in [0.717, 1.165) is 60.7 Å². The average Bonchev–Trinajstić information content (AvgIpc) is 3.29. The highest BCUT2D eigenvalue weighted by Crippen LogP contribution is 2.53. The SMILES string of the molecule is CC(C)(C)[Si](C)(C)OC[C@@H]1C[C@](c2cc(F)ccc2F)(S(=O)(=O)c2ccc(C(F)(F)F)cc2)CCC1N.CC(C)[C@H]1C[C@@H]2C[C@](c3cc(F)ccc3F)(S(=O)(=O)c3ccc(C(F)(F)F)cc3)CC[C@@H]2NS1(=O)=O. The standard InChI is InChI=1S/C26H34F5NO3SSi.C24H26F5NO4S2/c1-24(2,3)37(4,5)35-16-17-15-25(13-12-23(17)32,21-14-19(27)8-11-22(21)28)36(33,34)20-9-6-18(7-10-20)26(29,30)31;1-14(2)22-11-15-13-23(10-9-21(15)30-36(22,33)34,19-12-17(25)5-8-20(19)26)35(31,32)18-6-3-16(4-7-18)24(27,28)29/h6-11,14,17,23H,12-13,15-16,32H2,1-5H3;3-8,12,14-15,21-22,30H,9-11,13H2,1-2H3/t17-,23?,25+;15-,21+,22-,23-/m01/s1. The summed E-state index contributed by atoms with van der Waals surface area (Å²) in [6.07, 6.45) is -9.73. The maximum atomic E-state index is 15.2. The first-order chi connectivity index (χ1) is 33.4. The molecule has 0 radical (unpaired) electrons. The third-order valence-corrected chi connectivity index (χ3v) is 27.1. The molecule has 1 aliphatic heterocycles. The Bertz CT molecular complexity index is 2990. The third kappa shape index (κ3) is 11.6. The molecular formula is C50H60F10N2O7S3Si. The first-order valence-corrected chi connectivity index (χ1v) is 31.0. The maximum absolute atomic E-state index is 15.2. The quantitative estimate of drug-likeness (QED) is 0.118. The molecule has 1 saturated heterocycles. The number of benzene rings is 4. The van der Waals surface area contributed by atoms with Crippen molar-refractivity contribution in [2.45, 2.75) is 147 Å². The van der Waals surface area contributed by atoms with Crippen LogP contribution in [-0.2, 0) is 56.0 Å². The van der Waals surface area contributed by atoms with Gasteiger partial charge >= 0.3 is 12.4 Å². The molecule has 2 saturated carbocycles. The van der Waals surface area contributed by atoms with Crippen molar-refractivity contribution in [1.29, 1.82) is 0 Å². The summed E-state index contributed by atoms with van der Waals surface area (Å²) in [6.45, 7) is 13.8. The van der Waals surface area contributed by atoms with Crippen LogP contribution in [0.4, 0.5) is 43.9 Å². The normalized spacial score (nSPS) is 26.2. The van der Waals surface area contributed by atoms with Gasteiger partial charge in [-0.25, -0.2) is 47.5 Å². The molecule has 404 valence electrons. The van der Waals surface area contributed by atoms with E-state index in [1.807, 2.05) is 13.1 Å². The van der Waals surface area contributed by atoms with Crippen LogP contribution in [-0.4, -0.2) is 57.5 Å². The molecule has 3 fully saturated rings. The first-order valence-electron chi connectivity index (χ1n) is 23.6. The van der Waals surface area contributed by atoms with Crippen LogP contribution in [0.3, 0.4) is 0 Å². The van der Waals surface area contributed by atoms with Gasteiger partial charge in [0.2, 0.25) is 10.0 Å². The van der Waals surface area contributed by atoms with E-state index in [4.69, 9.17) is 10.2 Å². The van der Waals surface area contributed by atoms with Gasteiger partial charge in [-0.15, -0.1) is 0 Å². The summed E-state index contributed by atoms with van der Waals surface area (Å²) in [7, 11) is -14.9. The van der Waals surface area contributed by atoms with Crippen LogP contribution in [0, 0.1) is 41.0 Å². The van der Waals surface area contributed by atoms with E-state index in [1.54, 1.807) is 13.8 Å². The summed E-state index contributed by atoms with van der Waals surface area (Å²) in [5, 5.41) is -0.926. The van der Waals surface area contributed by atoms with Crippen LogP contribution in [0.2, 0.25) is 18.1 Å². The molecular weight excluding hydrogens is 1050 g/mol. The minimum Gasteiger partial charge on any atom is -0.416 e. The summed E-state index contributed by atoms with van der Waals surface area (Å²) < 4.78 is 224. The number of alkyl halides is 6. The topological polar surface area (TPSA) is 150 Å². The predicted molar refractivity (Wildman–Crippen MR) is 258 cm³/mol. The van der Waals surface area contributed by atoms with Gasteiger partial charge in [-0.1, -0.05) is 34.6 Å². The van der Waals surface area contributed by atoms with Crippen LogP contribution in [0.25, 0.3) is 0 Å². The molecule has 4 aromatic rings. The second-order valence-electron chi connectivity index (χ2n) is 21.3. The highest BCUT2D eigenvalue weighted by Gasteiger charge is 2.57. The van der Waals surface area contributed by atoms with Crippen LogP contribution in [0.1, 0.15) is 102 Å². The van der Waals surface area contributed by atoms with Gasteiger partial charge in [0.1, 0.15) is 32.8 Å². The lowest BCUT2D eigenvalue weighted by atomic mass is 9.72. The number of nitrogens with two attached hydrogens (primary N) is 1. The fourth-order valence-electron chi connectivity index (χ4n) is 10.1. The predicted octanol–water partition coefficient (Wildman–Crippen LogP) is 12.0. The molecule has 9 nitrogen and oxygen atoms in total. The largest absolute Gasteiger partial charge is 0.416 e. The molecule has 0 bridgehead atoms. The Labute approximate surface area is 421 Å². The van der Waals surface area contributed by atoms with E-state index < -0.39 is 139 Å². The summed E-state index contributed by atoms with van der Waals surface area (Å²) in [5.41, 5.74) is 3.57. The van der Waals surface area contributed by atoms with Gasteiger partial charge in [0.25, 0.3) is 0 Å². The van der Waals surface area contributed by atoms with Gasteiger partial charge in [-0.2, -0.15) is 26.3 Å². The molecule has 3 aliphatic rings. The number of hydrogen-bond acceptors (Lipinski definition) is 8. The Hall–Kier alpha value is -3.87. The van der Waals surface area contributed by atoms with Crippen molar-refractivity contribution in [3.63, 3.8) is 0 Å². The molecule has 3 N–H and O–H groups in total. The van der Waals surface area contributed by atoms with Crippen molar-refractivity contribution < 1.29 is 73.6 Å². The number of sulfone groups is 2. The summed E-state index contributed by atoms with van der Waals surface area (Å²) in [6, 6.07) is 10.1. The molecule has 0 aromatic heterocycles. The lowest BCUT2D eigenvalue weighted by Crippen LogP contribution is -2.58. The number of fused-ring (bicyclic) bond motifs is 1. The highest BCUT2D eigenvalue weighted by molar-refractivity contribution is 7.92. The van der Waals surface area contributed by atoms with Crippen LogP contribution in [0.5, 0.6) is 0 Å². The molecule has 73 heavy (non-hydrogen) atoms. The minimum atomic E-state index is -4.68. The van der Waals surface area contributed by atoms with Crippen LogP contribution in [0.15, 0.2) is 94.7 Å². The van der Waals surface area contributed by atoms with Crippen molar-refractivity contribution in [2.75, 3.05) is 6.61 Å². The molecule has 7 rings (SSSR count). The van der Waals surface area contributed by atoms with Crippen molar-refractivity contribution in [2.24, 2.45) is 23.5 Å². The van der Waals surface area contributed by atoms with Crippen LogP contribution >= 0.6 is 0 Å². The molecule has 2 aliphatic carbocycles. The highest BCUT2D eigenvalue weighted by atomic mass is 32.2. The fraction of sp³-hybridized carbons (Fsp3) is 0.520. The zero-order valence-corrected chi connectivity index (χ0v) is 44.6. The van der Waals surface area contributed by atoms with Crippen LogP contribution < -0.4 is 10.5 Å². The van der Waals surface area contributed by atoms with Gasteiger partial charge in [0, 0.05) is 29.8 Å². The zero-order valence-electron chi connectivity index (χ0n) is 41.1. The Kier molecular flexibility index (Phi) is 16.5. The van der Waals surface area contributed by atoms with Gasteiger partial charge < -0.3 is 10.2 Å². The Morgan fingerprint density at radius 3 is 1.53 bits per heavy atom. The summed E-state index contributed by atoms with van der Waals surface area (Å²) >= 11 is 0. The number of halogens is 10. The average molecular weight is 1120 g/mol. The van der Waals surface area contributed by atoms with E-state index in [9.17, 15) is 60.4 Å². The lowest BCUT2D eigenvalue weighted by molar-refractivity contribution is -0.138. The minimum absolute atomic E-state index is 0.0323. The van der Waals surface area contributed by atoms with E-state index >= 15 is 8.78 Å². The Morgan fingerprint density at radius 2 is 1.12 bits per heavy atom. The lowest BCUT2D eigenvalue weighted by Gasteiger charge is -2.48. The molecule has 23 heteroatoms. The van der Waals surface area contributed by atoms with Gasteiger partial charge in [-0.3, -0.25) is 0 Å². The van der Waals surface area contributed by atoms with Crippen molar-refractivity contribution in [1.82, 2.24) is 4.72 Å². The molecule has 0 spiro atoms. The van der Waals surface area contributed by atoms with E-state index in [1.165, 1.54) is 0 Å². The monoisotopic (exact) mass is 1110 g/mol. The second-order valence-corrected chi connectivity index (χ2v) is 32.6. The van der Waals surface area contributed by atoms with Crippen molar-refractivity contribution in [3.8, 4) is 0 Å². The molecule has 0 amide bonds. The Morgan fingerprint density at radius 1 is 0.699 bits per heavy atom. The molecule has 1 unspecified atom stereocenters. The zero-order chi connectivity index (χ0) is 54.7. The first kappa shape index (κ1) is 58.4. The van der Waals surface area contributed by atoms with E-state index in [2.05, 4.69) is 25.5 Å². The van der Waals surface area contributed by atoms with Gasteiger partial charge in [-0.05, 0) is 166 Å². The molecule has 4 aromatic carbocycles. The third-order valence-electron chi connectivity index (χ3n) is 15.4. The van der Waals surface area contributed by atoms with E-state index in [0.29, 0.717) is 24.3 Å². The molecule has 1 heterocycles. The summed E-state index contributed by atoms with van der Waals surface area (Å²) in [4.78, 5) is -0.849. The number of sulfonamides is 1. The Balaban J connectivity index is 0.000000238. The number of nitrogens with one attached hydrogen (secondary N) is 1. The summed E-state index contributed by atoms with van der Waals surface area (Å²) in [5.74, 6) is -4.84. The van der Waals surface area contributed by atoms with E-state index in [-0.39, 0.29) is 68.1 Å². The second kappa shape index (κ2) is 20.6.